The number of morpholine rings is 1. The van der Waals surface area contributed by atoms with Crippen LogP contribution in [0.3, 0.4) is 0 Å². The Balaban J connectivity index is 1.95. The maximum absolute atomic E-state index is 12.7. The molecule has 1 unspecified atom stereocenters. The quantitative estimate of drug-likeness (QED) is 0.882. The van der Waals surface area contributed by atoms with E-state index in [9.17, 15) is 4.79 Å². The Hall–Kier alpha value is -1.11. The lowest BCUT2D eigenvalue weighted by atomic mass is 10.2. The summed E-state index contributed by atoms with van der Waals surface area (Å²) < 4.78 is 7.59. The first-order chi connectivity index (χ1) is 10.1. The highest BCUT2D eigenvalue weighted by Gasteiger charge is 2.27. The Bertz CT molecular complexity index is 686. The van der Waals surface area contributed by atoms with E-state index >= 15 is 0 Å². The summed E-state index contributed by atoms with van der Waals surface area (Å²) in [7, 11) is 0. The fraction of sp³-hybridized carbons (Fsp3) is 0.400. The van der Waals surface area contributed by atoms with Crippen LogP contribution in [0.2, 0.25) is 0 Å². The molecule has 1 amide bonds. The minimum atomic E-state index is 0.0161. The number of carbonyl (C=O) groups is 1. The van der Waals surface area contributed by atoms with Crippen molar-refractivity contribution < 1.29 is 9.53 Å². The zero-order valence-corrected chi connectivity index (χ0v) is 14.2. The highest BCUT2D eigenvalue weighted by atomic mass is 79.9. The van der Waals surface area contributed by atoms with E-state index in [4.69, 9.17) is 10.5 Å². The molecule has 1 aromatic heterocycles. The Morgan fingerprint density at radius 2 is 2.38 bits per heavy atom. The molecule has 1 aliphatic rings. The number of amides is 1. The summed E-state index contributed by atoms with van der Waals surface area (Å²) in [5.74, 6) is 0.0161. The summed E-state index contributed by atoms with van der Waals surface area (Å²) in [5, 5.41) is 0.936. The van der Waals surface area contributed by atoms with Gasteiger partial charge >= 0.3 is 0 Å². The SMILES string of the molecule is CCC1CN(C(=O)c2sc3cccc(Br)c3c2N)CCO1. The van der Waals surface area contributed by atoms with Crippen molar-refractivity contribution >= 4 is 48.9 Å². The normalized spacial score (nSPS) is 19.1. The molecule has 0 radical (unpaired) electrons. The number of rotatable bonds is 2. The van der Waals surface area contributed by atoms with E-state index in [-0.39, 0.29) is 12.0 Å². The first kappa shape index (κ1) is 14.8. The zero-order chi connectivity index (χ0) is 15.0. The van der Waals surface area contributed by atoms with Gasteiger partial charge in [-0.25, -0.2) is 0 Å². The highest BCUT2D eigenvalue weighted by Crippen LogP contribution is 2.38. The van der Waals surface area contributed by atoms with Gasteiger partial charge in [-0.1, -0.05) is 28.9 Å². The van der Waals surface area contributed by atoms with Gasteiger partial charge in [0.05, 0.1) is 18.4 Å². The van der Waals surface area contributed by atoms with Crippen LogP contribution in [0.4, 0.5) is 5.69 Å². The average molecular weight is 369 g/mol. The number of hydrogen-bond donors (Lipinski definition) is 1. The first-order valence-corrected chi connectivity index (χ1v) is 8.60. The number of nitrogens with zero attached hydrogens (tertiary/aromatic N) is 1. The number of ether oxygens (including phenoxy) is 1. The van der Waals surface area contributed by atoms with E-state index in [1.165, 1.54) is 11.3 Å². The van der Waals surface area contributed by atoms with Crippen molar-refractivity contribution in [2.45, 2.75) is 19.4 Å². The van der Waals surface area contributed by atoms with Gasteiger partial charge in [0.2, 0.25) is 0 Å². The van der Waals surface area contributed by atoms with Crippen LogP contribution >= 0.6 is 27.3 Å². The van der Waals surface area contributed by atoms with Gasteiger partial charge in [0.15, 0.2) is 0 Å². The molecule has 2 N–H and O–H groups in total. The molecule has 1 fully saturated rings. The molecule has 21 heavy (non-hydrogen) atoms. The maximum atomic E-state index is 12.7. The molecule has 0 aliphatic carbocycles. The van der Waals surface area contributed by atoms with Crippen LogP contribution in [0.5, 0.6) is 0 Å². The van der Waals surface area contributed by atoms with Crippen LogP contribution in [-0.2, 0) is 4.74 Å². The molecular weight excluding hydrogens is 352 g/mol. The minimum absolute atomic E-state index is 0.0161. The summed E-state index contributed by atoms with van der Waals surface area (Å²) in [6.45, 7) is 3.94. The summed E-state index contributed by atoms with van der Waals surface area (Å²) in [6, 6.07) is 5.89. The molecule has 1 atom stereocenters. The van der Waals surface area contributed by atoms with Crippen LogP contribution in [0.25, 0.3) is 10.1 Å². The lowest BCUT2D eigenvalue weighted by Crippen LogP contribution is -2.45. The number of carbonyl (C=O) groups excluding carboxylic acids is 1. The summed E-state index contributed by atoms with van der Waals surface area (Å²) in [5.41, 5.74) is 6.79. The number of thiophene rings is 1. The van der Waals surface area contributed by atoms with Crippen LogP contribution in [0.1, 0.15) is 23.0 Å². The third-order valence-corrected chi connectivity index (χ3v) is 5.60. The number of benzene rings is 1. The van der Waals surface area contributed by atoms with Crippen LogP contribution < -0.4 is 5.73 Å². The highest BCUT2D eigenvalue weighted by molar-refractivity contribution is 9.10. The molecule has 2 aromatic rings. The second kappa shape index (κ2) is 5.94. The lowest BCUT2D eigenvalue weighted by molar-refractivity contribution is -0.0224. The second-order valence-electron chi connectivity index (χ2n) is 5.11. The zero-order valence-electron chi connectivity index (χ0n) is 11.8. The average Bonchev–Trinajstić information content (AvgIpc) is 2.85. The molecule has 0 spiro atoms. The third-order valence-electron chi connectivity index (χ3n) is 3.78. The molecule has 3 rings (SSSR count). The number of nitrogens with two attached hydrogens (primary N) is 1. The van der Waals surface area contributed by atoms with E-state index < -0.39 is 0 Å². The van der Waals surface area contributed by atoms with Gasteiger partial charge in [0.25, 0.3) is 5.91 Å². The molecule has 1 aromatic carbocycles. The molecule has 0 saturated carbocycles. The first-order valence-electron chi connectivity index (χ1n) is 6.99. The van der Waals surface area contributed by atoms with E-state index in [1.54, 1.807) is 0 Å². The summed E-state index contributed by atoms with van der Waals surface area (Å²) in [4.78, 5) is 15.2. The lowest BCUT2D eigenvalue weighted by Gasteiger charge is -2.32. The van der Waals surface area contributed by atoms with Crippen molar-refractivity contribution in [3.05, 3.63) is 27.5 Å². The number of halogens is 1. The largest absolute Gasteiger partial charge is 0.397 e. The number of fused-ring (bicyclic) bond motifs is 1. The van der Waals surface area contributed by atoms with Gasteiger partial charge in [-0.2, -0.15) is 0 Å². The fourth-order valence-corrected chi connectivity index (χ4v) is 4.41. The molecule has 2 heterocycles. The maximum Gasteiger partial charge on any atom is 0.266 e. The molecule has 6 heteroatoms. The van der Waals surface area contributed by atoms with Crippen molar-refractivity contribution in [3.8, 4) is 0 Å². The van der Waals surface area contributed by atoms with Crippen LogP contribution in [0.15, 0.2) is 22.7 Å². The molecular formula is C15H17BrN2O2S. The van der Waals surface area contributed by atoms with E-state index in [0.717, 1.165) is 21.0 Å². The number of hydrogen-bond acceptors (Lipinski definition) is 4. The monoisotopic (exact) mass is 368 g/mol. The summed E-state index contributed by atoms with van der Waals surface area (Å²) in [6.07, 6.45) is 1.04. The van der Waals surface area contributed by atoms with E-state index in [1.807, 2.05) is 23.1 Å². The van der Waals surface area contributed by atoms with Crippen molar-refractivity contribution in [3.63, 3.8) is 0 Å². The predicted molar refractivity (Wildman–Crippen MR) is 89.9 cm³/mol. The van der Waals surface area contributed by atoms with Crippen molar-refractivity contribution in [2.24, 2.45) is 0 Å². The van der Waals surface area contributed by atoms with Crippen LogP contribution in [-0.4, -0.2) is 36.6 Å². The second-order valence-corrected chi connectivity index (χ2v) is 7.02. The van der Waals surface area contributed by atoms with Gasteiger partial charge in [0.1, 0.15) is 4.88 Å². The summed E-state index contributed by atoms with van der Waals surface area (Å²) >= 11 is 4.97. The Morgan fingerprint density at radius 1 is 1.57 bits per heavy atom. The van der Waals surface area contributed by atoms with Gasteiger partial charge in [-0.05, 0) is 18.6 Å². The number of nitrogen functional groups attached to an aromatic ring is 1. The smallest absolute Gasteiger partial charge is 0.266 e. The number of anilines is 1. The fourth-order valence-electron chi connectivity index (χ4n) is 2.58. The van der Waals surface area contributed by atoms with Gasteiger partial charge in [0, 0.05) is 27.6 Å². The Morgan fingerprint density at radius 3 is 3.10 bits per heavy atom. The third kappa shape index (κ3) is 2.67. The topological polar surface area (TPSA) is 55.6 Å². The Labute approximate surface area is 136 Å². The molecule has 112 valence electrons. The van der Waals surface area contributed by atoms with E-state index in [0.29, 0.717) is 30.3 Å². The standard InChI is InChI=1S/C15H17BrN2O2S/c1-2-9-8-18(6-7-20-9)15(19)14-13(17)12-10(16)4-3-5-11(12)21-14/h3-5,9H,2,6-8,17H2,1H3. The van der Waals surface area contributed by atoms with E-state index in [2.05, 4.69) is 22.9 Å². The van der Waals surface area contributed by atoms with Gasteiger partial charge < -0.3 is 15.4 Å². The molecule has 0 bridgehead atoms. The van der Waals surface area contributed by atoms with Gasteiger partial charge in [-0.3, -0.25) is 4.79 Å². The van der Waals surface area contributed by atoms with Crippen molar-refractivity contribution in [2.75, 3.05) is 25.4 Å². The molecule has 1 saturated heterocycles. The Kier molecular flexibility index (Phi) is 4.19. The van der Waals surface area contributed by atoms with Crippen molar-refractivity contribution in [1.82, 2.24) is 4.90 Å². The van der Waals surface area contributed by atoms with Crippen molar-refractivity contribution in [1.29, 1.82) is 0 Å². The predicted octanol–water partition coefficient (Wildman–Crippen LogP) is 3.50. The van der Waals surface area contributed by atoms with Gasteiger partial charge in [-0.15, -0.1) is 11.3 Å². The van der Waals surface area contributed by atoms with Crippen LogP contribution in [0, 0.1) is 0 Å². The minimum Gasteiger partial charge on any atom is -0.397 e. The molecule has 1 aliphatic heterocycles. The molecule has 4 nitrogen and oxygen atoms in total.